The number of thiazole rings is 1. The van der Waals surface area contributed by atoms with Gasteiger partial charge in [-0.2, -0.15) is 0 Å². The highest BCUT2D eigenvalue weighted by atomic mass is 32.1. The van der Waals surface area contributed by atoms with Gasteiger partial charge in [-0.3, -0.25) is 4.79 Å². The molecule has 0 spiro atoms. The topological polar surface area (TPSA) is 118 Å². The van der Waals surface area contributed by atoms with E-state index >= 15 is 0 Å². The van der Waals surface area contributed by atoms with E-state index in [0.29, 0.717) is 18.5 Å². The summed E-state index contributed by atoms with van der Waals surface area (Å²) in [6.07, 6.45) is 2.24. The highest BCUT2D eigenvalue weighted by Gasteiger charge is 2.34. The number of hydrogen-bond donors (Lipinski definition) is 2. The van der Waals surface area contributed by atoms with Gasteiger partial charge in [0.05, 0.1) is 22.7 Å². The number of para-hydroxylation sites is 1. The number of aromatic nitrogens is 3. The average molecular weight is 490 g/mol. The molecule has 2 aromatic heterocycles. The van der Waals surface area contributed by atoms with E-state index in [-0.39, 0.29) is 35.0 Å². The molecule has 1 aliphatic rings. The van der Waals surface area contributed by atoms with Crippen LogP contribution in [-0.2, 0) is 12.0 Å². The highest BCUT2D eigenvalue weighted by Crippen LogP contribution is 2.38. The van der Waals surface area contributed by atoms with Crippen LogP contribution in [0.15, 0.2) is 58.3 Å². The second-order valence-corrected chi connectivity index (χ2v) is 10.1. The van der Waals surface area contributed by atoms with E-state index in [4.69, 9.17) is 10.2 Å². The molecule has 5 rings (SSSR count). The number of nitrogens with two attached hydrogens (primary N) is 1. The van der Waals surface area contributed by atoms with Crippen molar-refractivity contribution in [2.75, 3.05) is 6.54 Å². The lowest BCUT2D eigenvalue weighted by Gasteiger charge is -2.23. The SMILES string of the molecule is Cc1csc([C@H]2CCCN2C(=O)c2cccc(-c3nnc([C@](C)(N)Cc4ccccc4)o3)c2O)n1. The van der Waals surface area contributed by atoms with Crippen LogP contribution in [0.3, 0.4) is 0 Å². The molecule has 0 unspecified atom stereocenters. The zero-order valence-electron chi connectivity index (χ0n) is 19.6. The summed E-state index contributed by atoms with van der Waals surface area (Å²) in [6, 6.07) is 14.7. The minimum Gasteiger partial charge on any atom is -0.506 e. The fraction of sp³-hybridized carbons (Fsp3) is 0.308. The van der Waals surface area contributed by atoms with E-state index in [9.17, 15) is 9.90 Å². The van der Waals surface area contributed by atoms with Crippen molar-refractivity contribution in [3.8, 4) is 17.2 Å². The number of carbonyl (C=O) groups is 1. The van der Waals surface area contributed by atoms with Gasteiger partial charge in [0.2, 0.25) is 5.89 Å². The molecule has 35 heavy (non-hydrogen) atoms. The summed E-state index contributed by atoms with van der Waals surface area (Å²) in [7, 11) is 0. The summed E-state index contributed by atoms with van der Waals surface area (Å²) in [4.78, 5) is 19.8. The molecule has 4 aromatic rings. The number of benzene rings is 2. The Kier molecular flexibility index (Phi) is 6.12. The Balaban J connectivity index is 1.41. The van der Waals surface area contributed by atoms with Crippen molar-refractivity contribution in [2.45, 2.75) is 44.7 Å². The number of likely N-dealkylation sites (tertiary alicyclic amines) is 1. The Hall–Kier alpha value is -3.56. The first-order valence-corrected chi connectivity index (χ1v) is 12.4. The minimum atomic E-state index is -0.899. The maximum Gasteiger partial charge on any atom is 0.258 e. The Bertz CT molecular complexity index is 1350. The first-order chi connectivity index (χ1) is 16.8. The molecule has 180 valence electrons. The Labute approximate surface area is 207 Å². The third kappa shape index (κ3) is 4.56. The maximum absolute atomic E-state index is 13.5. The molecule has 1 fully saturated rings. The van der Waals surface area contributed by atoms with Gasteiger partial charge in [0, 0.05) is 17.6 Å². The van der Waals surface area contributed by atoms with Crippen molar-refractivity contribution in [3.05, 3.63) is 81.6 Å². The number of rotatable bonds is 6. The number of amides is 1. The summed E-state index contributed by atoms with van der Waals surface area (Å²) in [5.41, 5.74) is 8.09. The lowest BCUT2D eigenvalue weighted by molar-refractivity contribution is 0.0732. The minimum absolute atomic E-state index is 0.0878. The number of phenols is 1. The van der Waals surface area contributed by atoms with Crippen LogP contribution in [-0.4, -0.2) is 37.6 Å². The normalized spacial score (nSPS) is 17.5. The van der Waals surface area contributed by atoms with Crippen LogP contribution in [0.5, 0.6) is 5.75 Å². The summed E-state index contributed by atoms with van der Waals surface area (Å²) in [5, 5.41) is 22.3. The fourth-order valence-corrected chi connectivity index (χ4v) is 5.44. The molecule has 1 aliphatic heterocycles. The number of nitrogens with zero attached hydrogens (tertiary/aromatic N) is 4. The predicted molar refractivity (Wildman–Crippen MR) is 133 cm³/mol. The van der Waals surface area contributed by atoms with E-state index in [1.807, 2.05) is 49.6 Å². The molecule has 0 aliphatic carbocycles. The van der Waals surface area contributed by atoms with Gasteiger partial charge in [0.25, 0.3) is 11.8 Å². The van der Waals surface area contributed by atoms with E-state index in [1.54, 1.807) is 34.4 Å². The van der Waals surface area contributed by atoms with Crippen LogP contribution in [0.4, 0.5) is 0 Å². The van der Waals surface area contributed by atoms with Gasteiger partial charge in [-0.25, -0.2) is 4.98 Å². The molecule has 0 saturated carbocycles. The molecule has 1 amide bonds. The maximum atomic E-state index is 13.5. The third-order valence-corrected chi connectivity index (χ3v) is 7.32. The smallest absolute Gasteiger partial charge is 0.258 e. The monoisotopic (exact) mass is 489 g/mol. The van der Waals surface area contributed by atoms with Gasteiger partial charge in [-0.1, -0.05) is 36.4 Å². The molecule has 9 heteroatoms. The van der Waals surface area contributed by atoms with Gasteiger partial charge in [-0.05, 0) is 50.8 Å². The van der Waals surface area contributed by atoms with Crippen LogP contribution in [0.25, 0.3) is 11.5 Å². The fourth-order valence-electron chi connectivity index (χ4n) is 4.49. The molecular formula is C26H27N5O3S. The van der Waals surface area contributed by atoms with Gasteiger partial charge in [0.15, 0.2) is 0 Å². The number of aromatic hydroxyl groups is 1. The molecule has 2 atom stereocenters. The third-order valence-electron chi connectivity index (χ3n) is 6.26. The van der Waals surface area contributed by atoms with E-state index in [2.05, 4.69) is 15.2 Å². The zero-order valence-corrected chi connectivity index (χ0v) is 20.5. The van der Waals surface area contributed by atoms with E-state index in [1.165, 1.54) is 0 Å². The molecular weight excluding hydrogens is 462 g/mol. The summed E-state index contributed by atoms with van der Waals surface area (Å²) in [6.45, 7) is 4.38. The van der Waals surface area contributed by atoms with Crippen LogP contribution >= 0.6 is 11.3 Å². The lowest BCUT2D eigenvalue weighted by Crippen LogP contribution is -2.35. The van der Waals surface area contributed by atoms with E-state index in [0.717, 1.165) is 29.1 Å². The number of carbonyl (C=O) groups excluding carboxylic acids is 1. The molecule has 3 N–H and O–H groups in total. The Morgan fingerprint density at radius 3 is 2.77 bits per heavy atom. The zero-order chi connectivity index (χ0) is 24.6. The molecule has 3 heterocycles. The number of phenolic OH excluding ortho intramolecular Hbond substituents is 1. The van der Waals surface area contributed by atoms with Gasteiger partial charge in [-0.15, -0.1) is 21.5 Å². The van der Waals surface area contributed by atoms with Crippen molar-refractivity contribution in [3.63, 3.8) is 0 Å². The Morgan fingerprint density at radius 2 is 2.03 bits per heavy atom. The summed E-state index contributed by atoms with van der Waals surface area (Å²) >= 11 is 1.56. The standard InChI is InChI=1S/C26H27N5O3S/c1-16-15-35-23(28-16)20-12-7-13-31(20)24(33)19-11-6-10-18(21(19)32)22-29-30-25(34-22)26(2,27)14-17-8-4-3-5-9-17/h3-6,8-11,15,20,32H,7,12-14,27H2,1-2H3/t20-,26-/m1/s1. The first kappa shape index (κ1) is 23.2. The van der Waals surface area contributed by atoms with E-state index < -0.39 is 5.54 Å². The van der Waals surface area contributed by atoms with Crippen molar-refractivity contribution in [1.29, 1.82) is 0 Å². The second kappa shape index (κ2) is 9.24. The second-order valence-electron chi connectivity index (χ2n) is 9.18. The van der Waals surface area contributed by atoms with Crippen LogP contribution in [0, 0.1) is 6.92 Å². The molecule has 0 bridgehead atoms. The Morgan fingerprint density at radius 1 is 1.23 bits per heavy atom. The van der Waals surface area contributed by atoms with Crippen LogP contribution in [0.2, 0.25) is 0 Å². The largest absolute Gasteiger partial charge is 0.506 e. The van der Waals surface area contributed by atoms with Crippen molar-refractivity contribution in [1.82, 2.24) is 20.1 Å². The molecule has 0 radical (unpaired) electrons. The average Bonchev–Trinajstić information content (AvgIpc) is 3.60. The van der Waals surface area contributed by atoms with Crippen molar-refractivity contribution < 1.29 is 14.3 Å². The van der Waals surface area contributed by atoms with Gasteiger partial charge >= 0.3 is 0 Å². The highest BCUT2D eigenvalue weighted by molar-refractivity contribution is 7.09. The molecule has 8 nitrogen and oxygen atoms in total. The first-order valence-electron chi connectivity index (χ1n) is 11.6. The molecule has 2 aromatic carbocycles. The lowest BCUT2D eigenvalue weighted by atomic mass is 9.94. The van der Waals surface area contributed by atoms with Crippen molar-refractivity contribution >= 4 is 17.2 Å². The van der Waals surface area contributed by atoms with Gasteiger partial charge < -0.3 is 20.2 Å². The van der Waals surface area contributed by atoms with Crippen LogP contribution < -0.4 is 5.73 Å². The summed E-state index contributed by atoms with van der Waals surface area (Å²) in [5.74, 6) is -0.0562. The van der Waals surface area contributed by atoms with Crippen LogP contribution in [0.1, 0.15) is 58.3 Å². The number of hydrogen-bond acceptors (Lipinski definition) is 8. The van der Waals surface area contributed by atoms with Gasteiger partial charge in [0.1, 0.15) is 10.8 Å². The van der Waals surface area contributed by atoms with Crippen molar-refractivity contribution in [2.24, 2.45) is 5.73 Å². The number of aryl methyl sites for hydroxylation is 1. The quantitative estimate of drug-likeness (QED) is 0.406. The molecule has 1 saturated heterocycles. The predicted octanol–water partition coefficient (Wildman–Crippen LogP) is 4.60. The summed E-state index contributed by atoms with van der Waals surface area (Å²) < 4.78 is 5.90.